The van der Waals surface area contributed by atoms with Gasteiger partial charge in [-0.1, -0.05) is 30.3 Å². The van der Waals surface area contributed by atoms with Crippen LogP contribution in [0.1, 0.15) is 24.8 Å². The van der Waals surface area contributed by atoms with Crippen LogP contribution < -0.4 is 10.6 Å². The highest BCUT2D eigenvalue weighted by atomic mass is 32.1. The number of rotatable bonds is 5. The molecule has 0 heterocycles. The molecule has 1 aromatic rings. The molecule has 3 heteroatoms. The predicted molar refractivity (Wildman–Crippen MR) is 71.5 cm³/mol. The molecule has 2 N–H and O–H groups in total. The highest BCUT2D eigenvalue weighted by Crippen LogP contribution is 2.18. The van der Waals surface area contributed by atoms with Gasteiger partial charge in [-0.25, -0.2) is 0 Å². The van der Waals surface area contributed by atoms with Crippen molar-refractivity contribution < 1.29 is 0 Å². The van der Waals surface area contributed by atoms with Crippen LogP contribution in [0.4, 0.5) is 0 Å². The molecule has 1 aromatic carbocycles. The number of benzene rings is 1. The Morgan fingerprint density at radius 3 is 2.69 bits per heavy atom. The van der Waals surface area contributed by atoms with Gasteiger partial charge in [0.1, 0.15) is 0 Å². The SMILES string of the molecule is S=C(NCCCc1ccccc1)NC1CC1. The number of aryl methyl sites for hydroxylation is 1. The zero-order chi connectivity index (χ0) is 11.2. The van der Waals surface area contributed by atoms with E-state index in [2.05, 4.69) is 41.0 Å². The van der Waals surface area contributed by atoms with Crippen LogP contribution in [0, 0.1) is 0 Å². The molecular formula is C13H18N2S. The first-order valence-corrected chi connectivity index (χ1v) is 6.34. The summed E-state index contributed by atoms with van der Waals surface area (Å²) in [4.78, 5) is 0. The molecule has 0 bridgehead atoms. The molecule has 1 saturated carbocycles. The molecule has 0 saturated heterocycles. The van der Waals surface area contributed by atoms with Crippen molar-refractivity contribution in [3.05, 3.63) is 35.9 Å². The Morgan fingerprint density at radius 2 is 2.00 bits per heavy atom. The summed E-state index contributed by atoms with van der Waals surface area (Å²) in [7, 11) is 0. The van der Waals surface area contributed by atoms with Gasteiger partial charge in [0.25, 0.3) is 0 Å². The summed E-state index contributed by atoms with van der Waals surface area (Å²) < 4.78 is 0. The van der Waals surface area contributed by atoms with Crippen molar-refractivity contribution in [2.24, 2.45) is 0 Å². The van der Waals surface area contributed by atoms with E-state index in [0.717, 1.165) is 24.5 Å². The highest BCUT2D eigenvalue weighted by Gasteiger charge is 2.21. The minimum atomic E-state index is 0.647. The van der Waals surface area contributed by atoms with Crippen LogP contribution in [0.5, 0.6) is 0 Å². The monoisotopic (exact) mass is 234 g/mol. The number of hydrogen-bond donors (Lipinski definition) is 2. The molecule has 2 rings (SSSR count). The molecular weight excluding hydrogens is 216 g/mol. The van der Waals surface area contributed by atoms with Gasteiger partial charge in [0.2, 0.25) is 0 Å². The molecule has 1 aliphatic rings. The van der Waals surface area contributed by atoms with E-state index in [1.807, 2.05) is 0 Å². The summed E-state index contributed by atoms with van der Waals surface area (Å²) >= 11 is 5.18. The summed E-state index contributed by atoms with van der Waals surface area (Å²) in [5.74, 6) is 0. The molecule has 1 aliphatic carbocycles. The zero-order valence-electron chi connectivity index (χ0n) is 9.41. The number of nitrogens with one attached hydrogen (secondary N) is 2. The smallest absolute Gasteiger partial charge is 0.166 e. The highest BCUT2D eigenvalue weighted by molar-refractivity contribution is 7.80. The standard InChI is InChI=1S/C13H18N2S/c16-13(15-12-8-9-12)14-10-4-7-11-5-2-1-3-6-11/h1-3,5-6,12H,4,7-10H2,(H2,14,15,16). The lowest BCUT2D eigenvalue weighted by Crippen LogP contribution is -2.37. The van der Waals surface area contributed by atoms with Crippen LogP contribution in [0.25, 0.3) is 0 Å². The number of hydrogen-bond acceptors (Lipinski definition) is 1. The fourth-order valence-electron chi connectivity index (χ4n) is 1.60. The third-order valence-electron chi connectivity index (χ3n) is 2.68. The van der Waals surface area contributed by atoms with E-state index in [4.69, 9.17) is 12.2 Å². The molecule has 0 atom stereocenters. The zero-order valence-corrected chi connectivity index (χ0v) is 10.2. The molecule has 0 radical (unpaired) electrons. The van der Waals surface area contributed by atoms with Gasteiger partial charge in [-0.05, 0) is 43.5 Å². The van der Waals surface area contributed by atoms with Crippen LogP contribution >= 0.6 is 12.2 Å². The first-order valence-electron chi connectivity index (χ1n) is 5.93. The van der Waals surface area contributed by atoms with Crippen molar-refractivity contribution in [1.29, 1.82) is 0 Å². The van der Waals surface area contributed by atoms with Crippen molar-refractivity contribution >= 4 is 17.3 Å². The molecule has 0 amide bonds. The van der Waals surface area contributed by atoms with Gasteiger partial charge in [-0.3, -0.25) is 0 Å². The minimum absolute atomic E-state index is 0.647. The van der Waals surface area contributed by atoms with Crippen LogP contribution in [0.3, 0.4) is 0 Å². The van der Waals surface area contributed by atoms with Crippen LogP contribution in [-0.4, -0.2) is 17.7 Å². The first kappa shape index (κ1) is 11.4. The molecule has 1 fully saturated rings. The van der Waals surface area contributed by atoms with Crippen LogP contribution in [0.15, 0.2) is 30.3 Å². The van der Waals surface area contributed by atoms with Gasteiger partial charge >= 0.3 is 0 Å². The Bertz CT molecular complexity index is 333. The Balaban J connectivity index is 1.56. The Morgan fingerprint density at radius 1 is 1.25 bits per heavy atom. The maximum absolute atomic E-state index is 5.18. The maximum Gasteiger partial charge on any atom is 0.166 e. The summed E-state index contributed by atoms with van der Waals surface area (Å²) in [6, 6.07) is 11.2. The molecule has 2 nitrogen and oxygen atoms in total. The second-order valence-corrected chi connectivity index (χ2v) is 4.67. The topological polar surface area (TPSA) is 24.1 Å². The third kappa shape index (κ3) is 4.19. The Hall–Kier alpha value is -1.09. The van der Waals surface area contributed by atoms with E-state index < -0.39 is 0 Å². The average molecular weight is 234 g/mol. The summed E-state index contributed by atoms with van der Waals surface area (Å²) in [5, 5.41) is 7.33. The van der Waals surface area contributed by atoms with Gasteiger partial charge in [0.05, 0.1) is 0 Å². The molecule has 0 spiro atoms. The van der Waals surface area contributed by atoms with Crippen molar-refractivity contribution in [2.45, 2.75) is 31.7 Å². The van der Waals surface area contributed by atoms with Gasteiger partial charge < -0.3 is 10.6 Å². The first-order chi connectivity index (χ1) is 7.84. The van der Waals surface area contributed by atoms with E-state index in [-0.39, 0.29) is 0 Å². The van der Waals surface area contributed by atoms with E-state index in [9.17, 15) is 0 Å². The van der Waals surface area contributed by atoms with Crippen molar-refractivity contribution in [2.75, 3.05) is 6.54 Å². The lowest BCUT2D eigenvalue weighted by atomic mass is 10.1. The minimum Gasteiger partial charge on any atom is -0.363 e. The third-order valence-corrected chi connectivity index (χ3v) is 2.95. The van der Waals surface area contributed by atoms with E-state index in [1.54, 1.807) is 0 Å². The van der Waals surface area contributed by atoms with E-state index in [1.165, 1.54) is 18.4 Å². The van der Waals surface area contributed by atoms with Crippen molar-refractivity contribution in [3.63, 3.8) is 0 Å². The molecule has 0 unspecified atom stereocenters. The Labute approximate surface area is 102 Å². The summed E-state index contributed by atoms with van der Waals surface area (Å²) in [5.41, 5.74) is 1.39. The fraction of sp³-hybridized carbons (Fsp3) is 0.462. The van der Waals surface area contributed by atoms with Gasteiger partial charge in [0, 0.05) is 12.6 Å². The second-order valence-electron chi connectivity index (χ2n) is 4.26. The van der Waals surface area contributed by atoms with Crippen LogP contribution in [0.2, 0.25) is 0 Å². The lowest BCUT2D eigenvalue weighted by Gasteiger charge is -2.09. The fourth-order valence-corrected chi connectivity index (χ4v) is 1.87. The molecule has 16 heavy (non-hydrogen) atoms. The van der Waals surface area contributed by atoms with Gasteiger partial charge in [0.15, 0.2) is 5.11 Å². The molecule has 86 valence electrons. The quantitative estimate of drug-likeness (QED) is 0.603. The number of thiocarbonyl (C=S) groups is 1. The summed E-state index contributed by atoms with van der Waals surface area (Å²) in [6.07, 6.45) is 4.77. The van der Waals surface area contributed by atoms with Crippen molar-refractivity contribution in [3.8, 4) is 0 Å². The molecule has 0 aromatic heterocycles. The van der Waals surface area contributed by atoms with Crippen molar-refractivity contribution in [1.82, 2.24) is 10.6 Å². The van der Waals surface area contributed by atoms with Crippen LogP contribution in [-0.2, 0) is 6.42 Å². The largest absolute Gasteiger partial charge is 0.363 e. The second kappa shape index (κ2) is 5.85. The van der Waals surface area contributed by atoms with Gasteiger partial charge in [-0.2, -0.15) is 0 Å². The lowest BCUT2D eigenvalue weighted by molar-refractivity contribution is 0.753. The average Bonchev–Trinajstić information content (AvgIpc) is 3.10. The predicted octanol–water partition coefficient (Wildman–Crippen LogP) is 2.25. The Kier molecular flexibility index (Phi) is 4.17. The van der Waals surface area contributed by atoms with E-state index in [0.29, 0.717) is 6.04 Å². The van der Waals surface area contributed by atoms with E-state index >= 15 is 0 Å². The summed E-state index contributed by atoms with van der Waals surface area (Å²) in [6.45, 7) is 0.952. The molecule has 0 aliphatic heterocycles. The maximum atomic E-state index is 5.18. The van der Waals surface area contributed by atoms with Gasteiger partial charge in [-0.15, -0.1) is 0 Å². The normalized spacial score (nSPS) is 14.5.